The number of aromatic nitrogens is 2. The molecule has 10 nitrogen and oxygen atoms in total. The third-order valence-corrected chi connectivity index (χ3v) is 3.79. The van der Waals surface area contributed by atoms with E-state index in [1.54, 1.807) is 6.07 Å². The topological polar surface area (TPSA) is 135 Å². The van der Waals surface area contributed by atoms with Crippen molar-refractivity contribution < 1.29 is 28.1 Å². The number of methoxy groups -OCH3 is 1. The van der Waals surface area contributed by atoms with Gasteiger partial charge in [0.15, 0.2) is 5.84 Å². The number of nitrogens with zero attached hydrogens (tertiary/aromatic N) is 4. The molecule has 1 aromatic carbocycles. The lowest BCUT2D eigenvalue weighted by Gasteiger charge is -2.08. The van der Waals surface area contributed by atoms with Crippen LogP contribution >= 0.6 is 11.6 Å². The molecular weight excluding hydrogens is 404 g/mol. The Morgan fingerprint density at radius 3 is 2.71 bits per heavy atom. The molecule has 0 unspecified atom stereocenters. The van der Waals surface area contributed by atoms with Crippen LogP contribution in [-0.2, 0) is 16.2 Å². The van der Waals surface area contributed by atoms with Gasteiger partial charge in [0.2, 0.25) is 5.69 Å². The average Bonchev–Trinajstić information content (AvgIpc) is 2.96. The van der Waals surface area contributed by atoms with Crippen molar-refractivity contribution in [1.29, 1.82) is 0 Å². The summed E-state index contributed by atoms with van der Waals surface area (Å²) in [5.41, 5.74) is 3.86. The van der Waals surface area contributed by atoms with Crippen molar-refractivity contribution in [2.75, 3.05) is 7.11 Å². The zero-order chi connectivity index (χ0) is 21.0. The van der Waals surface area contributed by atoms with Crippen molar-refractivity contribution in [1.82, 2.24) is 9.78 Å². The molecular formula is C15H14ClF2N5O5. The fraction of sp³-hybridized carbons (Fsp3) is 0.267. The molecule has 0 atom stereocenters. The van der Waals surface area contributed by atoms with Crippen LogP contribution in [0, 0.1) is 17.0 Å². The second-order valence-corrected chi connectivity index (χ2v) is 5.76. The number of ether oxygens (including phenoxy) is 1. The quantitative estimate of drug-likeness (QED) is 0.240. The van der Waals surface area contributed by atoms with Gasteiger partial charge in [-0.1, -0.05) is 16.8 Å². The third kappa shape index (κ3) is 4.52. The van der Waals surface area contributed by atoms with E-state index in [2.05, 4.69) is 15.1 Å². The van der Waals surface area contributed by atoms with Gasteiger partial charge in [0, 0.05) is 5.02 Å². The lowest BCUT2D eigenvalue weighted by molar-refractivity contribution is -0.386. The Balaban J connectivity index is 2.19. The number of hydrogen-bond donors (Lipinski definition) is 1. The fourth-order valence-corrected chi connectivity index (χ4v) is 2.44. The maximum absolute atomic E-state index is 12.9. The molecule has 2 N–H and O–H groups in total. The Labute approximate surface area is 161 Å². The highest BCUT2D eigenvalue weighted by molar-refractivity contribution is 6.31. The first kappa shape index (κ1) is 21.0. The van der Waals surface area contributed by atoms with Crippen LogP contribution in [0.3, 0.4) is 0 Å². The summed E-state index contributed by atoms with van der Waals surface area (Å²) in [5, 5.41) is 18.1. The number of amidine groups is 1. The van der Waals surface area contributed by atoms with E-state index in [9.17, 15) is 23.7 Å². The summed E-state index contributed by atoms with van der Waals surface area (Å²) < 4.78 is 31.6. The lowest BCUT2D eigenvalue weighted by Crippen LogP contribution is -2.19. The van der Waals surface area contributed by atoms with E-state index in [0.29, 0.717) is 10.8 Å². The van der Waals surface area contributed by atoms with E-state index in [4.69, 9.17) is 22.1 Å². The van der Waals surface area contributed by atoms with Gasteiger partial charge in [-0.15, -0.1) is 0 Å². The summed E-state index contributed by atoms with van der Waals surface area (Å²) in [7, 11) is 1.39. The number of alkyl halides is 2. The summed E-state index contributed by atoms with van der Waals surface area (Å²) in [6.07, 6.45) is -3.18. The first-order valence-electron chi connectivity index (χ1n) is 7.52. The molecule has 2 aromatic rings. The highest BCUT2D eigenvalue weighted by Crippen LogP contribution is 2.30. The number of carbonyl (C=O) groups is 1. The first-order valence-corrected chi connectivity index (χ1v) is 7.90. The Hall–Kier alpha value is -3.28. The van der Waals surface area contributed by atoms with E-state index in [1.807, 2.05) is 0 Å². The second-order valence-electron chi connectivity index (χ2n) is 5.32. The minimum Gasteiger partial charge on any atom is -0.496 e. The minimum absolute atomic E-state index is 0.231. The average molecular weight is 418 g/mol. The van der Waals surface area contributed by atoms with E-state index in [0.717, 1.165) is 4.68 Å². The maximum atomic E-state index is 12.9. The number of rotatable bonds is 7. The van der Waals surface area contributed by atoms with Crippen LogP contribution in [0.2, 0.25) is 5.02 Å². The Kier molecular flexibility index (Phi) is 6.46. The molecule has 0 saturated heterocycles. The molecule has 0 aliphatic rings. The number of oxime groups is 1. The van der Waals surface area contributed by atoms with Crippen molar-refractivity contribution in [2.45, 2.75) is 19.9 Å². The van der Waals surface area contributed by atoms with Crippen LogP contribution in [0.4, 0.5) is 14.5 Å². The van der Waals surface area contributed by atoms with Gasteiger partial charge >= 0.3 is 11.7 Å². The van der Waals surface area contributed by atoms with E-state index in [1.165, 1.54) is 26.2 Å². The van der Waals surface area contributed by atoms with Crippen LogP contribution < -0.4 is 10.5 Å². The summed E-state index contributed by atoms with van der Waals surface area (Å²) >= 11 is 5.87. The van der Waals surface area contributed by atoms with Crippen molar-refractivity contribution in [3.8, 4) is 5.75 Å². The Bertz CT molecular complexity index is 947. The van der Waals surface area contributed by atoms with Gasteiger partial charge in [-0.05, 0) is 25.1 Å². The minimum atomic E-state index is -3.18. The molecule has 0 saturated carbocycles. The second kappa shape index (κ2) is 8.61. The van der Waals surface area contributed by atoms with Gasteiger partial charge in [0.25, 0.3) is 6.43 Å². The van der Waals surface area contributed by atoms with Gasteiger partial charge in [0.05, 0.1) is 17.6 Å². The predicted molar refractivity (Wildman–Crippen MR) is 93.4 cm³/mol. The lowest BCUT2D eigenvalue weighted by atomic mass is 10.2. The third-order valence-electron chi connectivity index (χ3n) is 3.55. The molecule has 0 spiro atoms. The standard InChI is InChI=1S/C15H14ClF2N5O5/c1-7-13(23(25)26)12(14(17)18)20-22(7)6-11(24)28-21-15(19)9-5-8(16)3-4-10(9)27-2/h3-5,14H,6H2,1-2H3,(H2,19,21). The van der Waals surface area contributed by atoms with Crippen LogP contribution in [0.5, 0.6) is 5.75 Å². The van der Waals surface area contributed by atoms with Crippen LogP contribution in [0.25, 0.3) is 0 Å². The highest BCUT2D eigenvalue weighted by Gasteiger charge is 2.31. The first-order chi connectivity index (χ1) is 13.1. The van der Waals surface area contributed by atoms with Crippen LogP contribution in [-0.4, -0.2) is 33.6 Å². The van der Waals surface area contributed by atoms with Gasteiger partial charge < -0.3 is 15.3 Å². The smallest absolute Gasteiger partial charge is 0.356 e. The van der Waals surface area contributed by atoms with Crippen molar-refractivity contribution >= 4 is 29.1 Å². The normalized spacial score (nSPS) is 11.6. The molecule has 0 amide bonds. The Morgan fingerprint density at radius 2 is 2.18 bits per heavy atom. The molecule has 1 heterocycles. The number of nitro groups is 1. The fourth-order valence-electron chi connectivity index (χ4n) is 2.27. The molecule has 0 radical (unpaired) electrons. The number of carbonyl (C=O) groups excluding carboxylic acids is 1. The van der Waals surface area contributed by atoms with E-state index >= 15 is 0 Å². The molecule has 2 rings (SSSR count). The van der Waals surface area contributed by atoms with E-state index in [-0.39, 0.29) is 17.1 Å². The molecule has 28 heavy (non-hydrogen) atoms. The van der Waals surface area contributed by atoms with Gasteiger partial charge in [-0.2, -0.15) is 5.10 Å². The molecule has 150 valence electrons. The van der Waals surface area contributed by atoms with E-state index < -0.39 is 35.2 Å². The molecule has 0 fully saturated rings. The zero-order valence-corrected chi connectivity index (χ0v) is 15.3. The van der Waals surface area contributed by atoms with Gasteiger partial charge in [-0.25, -0.2) is 13.6 Å². The predicted octanol–water partition coefficient (Wildman–Crippen LogP) is 2.56. The summed E-state index contributed by atoms with van der Waals surface area (Å²) in [5.74, 6) is -0.948. The molecule has 1 aromatic heterocycles. The number of halogens is 3. The number of hydrogen-bond acceptors (Lipinski definition) is 7. The largest absolute Gasteiger partial charge is 0.496 e. The maximum Gasteiger partial charge on any atom is 0.356 e. The van der Waals surface area contributed by atoms with Crippen molar-refractivity contribution in [3.63, 3.8) is 0 Å². The van der Waals surface area contributed by atoms with Gasteiger partial charge in [0.1, 0.15) is 18.0 Å². The van der Waals surface area contributed by atoms with Crippen molar-refractivity contribution in [2.24, 2.45) is 10.9 Å². The Morgan fingerprint density at radius 1 is 1.50 bits per heavy atom. The summed E-state index contributed by atoms with van der Waals surface area (Å²) in [4.78, 5) is 26.5. The van der Waals surface area contributed by atoms with Crippen molar-refractivity contribution in [3.05, 3.63) is 50.3 Å². The SMILES string of the molecule is COc1ccc(Cl)cc1/C(N)=N/OC(=O)Cn1nc(C(F)F)c([N+](=O)[O-])c1C. The summed E-state index contributed by atoms with van der Waals surface area (Å²) in [6, 6.07) is 4.51. The number of nitrogens with two attached hydrogens (primary N) is 1. The van der Waals surface area contributed by atoms with Gasteiger partial charge in [-0.3, -0.25) is 14.8 Å². The molecule has 0 bridgehead atoms. The van der Waals surface area contributed by atoms with Crippen LogP contribution in [0.1, 0.15) is 23.4 Å². The molecule has 0 aliphatic heterocycles. The number of benzene rings is 1. The molecule has 0 aliphatic carbocycles. The highest BCUT2D eigenvalue weighted by atomic mass is 35.5. The zero-order valence-electron chi connectivity index (χ0n) is 14.6. The summed E-state index contributed by atoms with van der Waals surface area (Å²) in [6.45, 7) is 0.488. The van der Waals surface area contributed by atoms with Crippen LogP contribution in [0.15, 0.2) is 23.4 Å². The molecule has 13 heteroatoms. The monoisotopic (exact) mass is 417 g/mol.